The van der Waals surface area contributed by atoms with E-state index < -0.39 is 0 Å². The van der Waals surface area contributed by atoms with Crippen LogP contribution in [0.15, 0.2) is 23.1 Å². The summed E-state index contributed by atoms with van der Waals surface area (Å²) >= 11 is 1.81. The highest BCUT2D eigenvalue weighted by molar-refractivity contribution is 7.98. The monoisotopic (exact) mass is 221 g/mol. The van der Waals surface area contributed by atoms with Gasteiger partial charge < -0.3 is 5.73 Å². The summed E-state index contributed by atoms with van der Waals surface area (Å²) in [6.07, 6.45) is 4.63. The molecule has 0 radical (unpaired) electrons. The van der Waals surface area contributed by atoms with Crippen LogP contribution in [0.4, 0.5) is 0 Å². The minimum atomic E-state index is 0.272. The molecule has 0 saturated heterocycles. The molecule has 1 aliphatic rings. The number of aryl methyl sites for hydroxylation is 1. The fourth-order valence-corrected chi connectivity index (χ4v) is 2.81. The quantitative estimate of drug-likeness (QED) is 0.794. The maximum Gasteiger partial charge on any atom is 0.0108 e. The van der Waals surface area contributed by atoms with Gasteiger partial charge in [0.25, 0.3) is 0 Å². The Kier molecular flexibility index (Phi) is 2.82. The second-order valence-corrected chi connectivity index (χ2v) is 5.51. The van der Waals surface area contributed by atoms with Crippen molar-refractivity contribution in [3.05, 3.63) is 29.3 Å². The van der Waals surface area contributed by atoms with Gasteiger partial charge in [-0.2, -0.15) is 0 Å². The zero-order chi connectivity index (χ0) is 11.1. The van der Waals surface area contributed by atoms with Gasteiger partial charge in [-0.1, -0.05) is 6.07 Å². The normalized spacial score (nSPS) is 20.0. The predicted octanol–water partition coefficient (Wildman–Crippen LogP) is 3.10. The molecule has 1 aromatic carbocycles. The average molecular weight is 221 g/mol. The number of rotatable bonds is 3. The van der Waals surface area contributed by atoms with Gasteiger partial charge in [0.2, 0.25) is 0 Å². The van der Waals surface area contributed by atoms with Crippen molar-refractivity contribution in [3.8, 4) is 0 Å². The molecule has 2 rings (SSSR count). The molecule has 0 aromatic heterocycles. The van der Waals surface area contributed by atoms with Crippen LogP contribution in [-0.2, 0) is 5.41 Å². The molecule has 0 spiro atoms. The minimum Gasteiger partial charge on any atom is -0.327 e. The fraction of sp³-hybridized carbons (Fsp3) is 0.538. The third kappa shape index (κ3) is 1.81. The lowest BCUT2D eigenvalue weighted by Crippen LogP contribution is -2.32. The molecule has 0 amide bonds. The Bertz CT molecular complexity index is 367. The molecule has 2 N–H and O–H groups in total. The van der Waals surface area contributed by atoms with Gasteiger partial charge in [0.05, 0.1) is 0 Å². The molecule has 1 aromatic rings. The number of hydrogen-bond donors (Lipinski definition) is 1. The summed E-state index contributed by atoms with van der Waals surface area (Å²) in [5.41, 5.74) is 9.27. The van der Waals surface area contributed by atoms with Crippen molar-refractivity contribution in [1.82, 2.24) is 0 Å². The van der Waals surface area contributed by atoms with Gasteiger partial charge in [-0.3, -0.25) is 0 Å². The van der Waals surface area contributed by atoms with E-state index in [9.17, 15) is 0 Å². The Hall–Kier alpha value is -0.470. The van der Waals surface area contributed by atoms with Crippen LogP contribution in [0.1, 0.15) is 30.9 Å². The summed E-state index contributed by atoms with van der Waals surface area (Å²) in [6, 6.07) is 7.02. The second-order valence-electron chi connectivity index (χ2n) is 4.63. The molecule has 1 nitrogen and oxygen atoms in total. The third-order valence-corrected chi connectivity index (χ3v) is 4.37. The van der Waals surface area contributed by atoms with Crippen LogP contribution in [0.25, 0.3) is 0 Å². The van der Waals surface area contributed by atoms with Crippen molar-refractivity contribution in [1.29, 1.82) is 0 Å². The number of thioether (sulfide) groups is 1. The first kappa shape index (κ1) is 11.0. The molecule has 82 valence electrons. The summed E-state index contributed by atoms with van der Waals surface area (Å²) in [5.74, 6) is 0. The van der Waals surface area contributed by atoms with Crippen molar-refractivity contribution < 1.29 is 0 Å². The van der Waals surface area contributed by atoms with Crippen LogP contribution in [-0.4, -0.2) is 12.3 Å². The number of hydrogen-bond acceptors (Lipinski definition) is 2. The van der Waals surface area contributed by atoms with Crippen LogP contribution >= 0.6 is 11.8 Å². The molecule has 0 bridgehead atoms. The Morgan fingerprint density at radius 3 is 2.53 bits per heavy atom. The van der Waals surface area contributed by atoms with Crippen LogP contribution in [0.2, 0.25) is 0 Å². The minimum absolute atomic E-state index is 0.272. The van der Waals surface area contributed by atoms with Crippen molar-refractivity contribution in [2.24, 2.45) is 5.73 Å². The lowest BCUT2D eigenvalue weighted by molar-refractivity contribution is 0.553. The van der Waals surface area contributed by atoms with E-state index in [4.69, 9.17) is 5.73 Å². The van der Waals surface area contributed by atoms with E-state index in [0.717, 1.165) is 0 Å². The second kappa shape index (κ2) is 3.84. The van der Waals surface area contributed by atoms with Crippen molar-refractivity contribution in [3.63, 3.8) is 0 Å². The van der Waals surface area contributed by atoms with Gasteiger partial charge in [-0.15, -0.1) is 11.8 Å². The maximum atomic E-state index is 6.12. The molecule has 0 aliphatic heterocycles. The largest absolute Gasteiger partial charge is 0.327 e. The summed E-state index contributed by atoms with van der Waals surface area (Å²) in [5, 5.41) is 0. The first-order valence-corrected chi connectivity index (χ1v) is 6.73. The lowest BCUT2D eigenvalue weighted by atomic mass is 9.86. The van der Waals surface area contributed by atoms with Crippen molar-refractivity contribution >= 4 is 11.8 Å². The fourth-order valence-electron chi connectivity index (χ4n) is 2.37. The Morgan fingerprint density at radius 2 is 2.07 bits per heavy atom. The summed E-state index contributed by atoms with van der Waals surface area (Å²) in [6.45, 7) is 4.33. The highest BCUT2D eigenvalue weighted by atomic mass is 32.2. The van der Waals surface area contributed by atoms with E-state index in [1.165, 1.54) is 28.9 Å². The van der Waals surface area contributed by atoms with E-state index >= 15 is 0 Å². The molecule has 1 atom stereocenters. The van der Waals surface area contributed by atoms with Gasteiger partial charge in [-0.05, 0) is 56.2 Å². The van der Waals surface area contributed by atoms with E-state index in [2.05, 4.69) is 38.3 Å². The van der Waals surface area contributed by atoms with Gasteiger partial charge in [0.1, 0.15) is 0 Å². The predicted molar refractivity (Wildman–Crippen MR) is 67.5 cm³/mol. The smallest absolute Gasteiger partial charge is 0.0108 e. The van der Waals surface area contributed by atoms with Crippen LogP contribution in [0.5, 0.6) is 0 Å². The van der Waals surface area contributed by atoms with Crippen molar-refractivity contribution in [2.45, 2.75) is 43.0 Å². The summed E-state index contributed by atoms with van der Waals surface area (Å²) in [4.78, 5) is 1.35. The molecule has 1 saturated carbocycles. The first-order valence-electron chi connectivity index (χ1n) is 5.51. The Labute approximate surface area is 96.4 Å². The average Bonchev–Trinajstić information content (AvgIpc) is 2.99. The zero-order valence-corrected chi connectivity index (χ0v) is 10.5. The standard InChI is InChI=1S/C13H19NS/c1-9-4-5-11(15-3)8-12(9)13(6-7-13)10(2)14/h4-5,8,10H,6-7,14H2,1-3H3. The van der Waals surface area contributed by atoms with Gasteiger partial charge >= 0.3 is 0 Å². The summed E-state index contributed by atoms with van der Waals surface area (Å²) < 4.78 is 0. The van der Waals surface area contributed by atoms with E-state index in [-0.39, 0.29) is 11.5 Å². The Balaban J connectivity index is 2.43. The topological polar surface area (TPSA) is 26.0 Å². The highest BCUT2D eigenvalue weighted by Crippen LogP contribution is 2.51. The third-order valence-electron chi connectivity index (χ3n) is 3.64. The van der Waals surface area contributed by atoms with Crippen LogP contribution in [0.3, 0.4) is 0 Å². The van der Waals surface area contributed by atoms with Gasteiger partial charge in [0.15, 0.2) is 0 Å². The molecule has 0 heterocycles. The molecular formula is C13H19NS. The SMILES string of the molecule is CSc1ccc(C)c(C2(C(C)N)CC2)c1. The molecule has 15 heavy (non-hydrogen) atoms. The van der Waals surface area contributed by atoms with Gasteiger partial charge in [0, 0.05) is 16.4 Å². The van der Waals surface area contributed by atoms with E-state index in [1.807, 2.05) is 0 Å². The zero-order valence-electron chi connectivity index (χ0n) is 9.71. The molecule has 1 fully saturated rings. The lowest BCUT2D eigenvalue weighted by Gasteiger charge is -2.22. The summed E-state index contributed by atoms with van der Waals surface area (Å²) in [7, 11) is 0. The van der Waals surface area contributed by atoms with E-state index in [0.29, 0.717) is 0 Å². The van der Waals surface area contributed by atoms with Crippen LogP contribution in [0, 0.1) is 6.92 Å². The molecule has 2 heteroatoms. The number of nitrogens with two attached hydrogens (primary N) is 1. The maximum absolute atomic E-state index is 6.12. The van der Waals surface area contributed by atoms with E-state index in [1.54, 1.807) is 11.8 Å². The van der Waals surface area contributed by atoms with Crippen LogP contribution < -0.4 is 5.73 Å². The molecular weight excluding hydrogens is 202 g/mol. The number of benzene rings is 1. The molecule has 1 unspecified atom stereocenters. The first-order chi connectivity index (χ1) is 7.10. The highest BCUT2D eigenvalue weighted by Gasteiger charge is 2.48. The van der Waals surface area contributed by atoms with Crippen molar-refractivity contribution in [2.75, 3.05) is 6.26 Å². The Morgan fingerprint density at radius 1 is 1.40 bits per heavy atom. The molecule has 1 aliphatic carbocycles. The van der Waals surface area contributed by atoms with Gasteiger partial charge in [-0.25, -0.2) is 0 Å².